The average molecular weight is 341 g/mol. The van der Waals surface area contributed by atoms with Crippen molar-refractivity contribution in [3.63, 3.8) is 0 Å². The van der Waals surface area contributed by atoms with Crippen molar-refractivity contribution in [2.45, 2.75) is 26.4 Å². The molecule has 25 heavy (non-hydrogen) atoms. The topological polar surface area (TPSA) is 60.0 Å². The summed E-state index contributed by atoms with van der Waals surface area (Å²) in [5, 5.41) is 10.1. The van der Waals surface area contributed by atoms with Gasteiger partial charge in [-0.15, -0.1) is 5.10 Å². The number of aromatic nitrogens is 3. The summed E-state index contributed by atoms with van der Waals surface area (Å²) in [4.78, 5) is 0. The van der Waals surface area contributed by atoms with Crippen LogP contribution in [-0.2, 0) is 11.3 Å². The summed E-state index contributed by atoms with van der Waals surface area (Å²) in [5.41, 5.74) is 3.48. The van der Waals surface area contributed by atoms with E-state index in [1.165, 1.54) is 11.6 Å². The predicted molar refractivity (Wildman–Crippen MR) is 93.1 cm³/mol. The van der Waals surface area contributed by atoms with Crippen molar-refractivity contribution in [3.8, 4) is 22.8 Å². The smallest absolute Gasteiger partial charge is 0.241 e. The number of halogens is 1. The highest BCUT2D eigenvalue weighted by Crippen LogP contribution is 2.30. The van der Waals surface area contributed by atoms with E-state index < -0.39 is 5.82 Å². The highest BCUT2D eigenvalue weighted by atomic mass is 19.1. The maximum Gasteiger partial charge on any atom is 0.241 e. The summed E-state index contributed by atoms with van der Waals surface area (Å²) in [7, 11) is 1.54. The van der Waals surface area contributed by atoms with Gasteiger partial charge in [0.05, 0.1) is 6.61 Å². The SMILES string of the molecule is COCc1nn[nH]c1Oc1ccc(-c2ccc(C(C)C)cc2)cc1F. The molecule has 0 saturated heterocycles. The zero-order valence-corrected chi connectivity index (χ0v) is 14.4. The zero-order valence-electron chi connectivity index (χ0n) is 14.4. The van der Waals surface area contributed by atoms with Gasteiger partial charge < -0.3 is 9.47 Å². The van der Waals surface area contributed by atoms with Crippen LogP contribution >= 0.6 is 0 Å². The Kier molecular flexibility index (Phi) is 5.09. The fourth-order valence-electron chi connectivity index (χ4n) is 2.49. The first-order valence-corrected chi connectivity index (χ1v) is 8.05. The second-order valence-corrected chi connectivity index (χ2v) is 6.04. The molecule has 0 spiro atoms. The molecule has 0 radical (unpaired) electrons. The molecular formula is C19H20FN3O2. The standard InChI is InChI=1S/C19H20FN3O2/c1-12(2)13-4-6-14(7-5-13)15-8-9-18(16(20)10-15)25-19-17(11-24-3)21-23-22-19/h4-10,12H,11H2,1-3H3,(H,21,22,23). The van der Waals surface area contributed by atoms with E-state index in [0.29, 0.717) is 11.6 Å². The minimum absolute atomic E-state index is 0.103. The van der Waals surface area contributed by atoms with Crippen molar-refractivity contribution in [1.82, 2.24) is 15.4 Å². The number of nitrogens with one attached hydrogen (secondary N) is 1. The van der Waals surface area contributed by atoms with Crippen LogP contribution in [0, 0.1) is 5.82 Å². The molecule has 0 unspecified atom stereocenters. The minimum Gasteiger partial charge on any atom is -0.434 e. The van der Waals surface area contributed by atoms with Crippen LogP contribution in [0.2, 0.25) is 0 Å². The van der Waals surface area contributed by atoms with Crippen LogP contribution in [0.5, 0.6) is 11.6 Å². The highest BCUT2D eigenvalue weighted by Gasteiger charge is 2.13. The third kappa shape index (κ3) is 3.85. The zero-order chi connectivity index (χ0) is 17.8. The van der Waals surface area contributed by atoms with Crippen molar-refractivity contribution in [3.05, 3.63) is 59.5 Å². The number of hydrogen-bond donors (Lipinski definition) is 1. The van der Waals surface area contributed by atoms with Crippen molar-refractivity contribution in [2.24, 2.45) is 0 Å². The number of nitrogens with zero attached hydrogens (tertiary/aromatic N) is 2. The molecule has 1 aromatic heterocycles. The van der Waals surface area contributed by atoms with Crippen molar-refractivity contribution in [1.29, 1.82) is 0 Å². The predicted octanol–water partition coefficient (Wildman–Crippen LogP) is 4.67. The van der Waals surface area contributed by atoms with E-state index in [9.17, 15) is 4.39 Å². The summed E-state index contributed by atoms with van der Waals surface area (Å²) < 4.78 is 25.0. The second-order valence-electron chi connectivity index (χ2n) is 6.04. The molecule has 0 saturated carbocycles. The van der Waals surface area contributed by atoms with Crippen molar-refractivity contribution >= 4 is 0 Å². The van der Waals surface area contributed by atoms with Crippen LogP contribution in [0.15, 0.2) is 42.5 Å². The van der Waals surface area contributed by atoms with Gasteiger partial charge in [0.2, 0.25) is 5.88 Å². The molecule has 3 aromatic rings. The molecule has 0 amide bonds. The van der Waals surface area contributed by atoms with Gasteiger partial charge in [-0.3, -0.25) is 0 Å². The Morgan fingerprint density at radius 1 is 1.08 bits per heavy atom. The van der Waals surface area contributed by atoms with E-state index in [-0.39, 0.29) is 18.2 Å². The van der Waals surface area contributed by atoms with E-state index in [1.54, 1.807) is 13.2 Å². The molecule has 0 aliphatic heterocycles. The Morgan fingerprint density at radius 3 is 2.44 bits per heavy atom. The fraction of sp³-hybridized carbons (Fsp3) is 0.263. The number of H-pyrrole nitrogens is 1. The molecule has 0 atom stereocenters. The van der Waals surface area contributed by atoms with Gasteiger partial charge in [0, 0.05) is 7.11 Å². The lowest BCUT2D eigenvalue weighted by Gasteiger charge is -2.09. The van der Waals surface area contributed by atoms with E-state index in [1.807, 2.05) is 18.2 Å². The van der Waals surface area contributed by atoms with Crippen LogP contribution in [0.1, 0.15) is 31.0 Å². The Labute approximate surface area is 145 Å². The number of rotatable bonds is 6. The first-order valence-electron chi connectivity index (χ1n) is 8.05. The average Bonchev–Trinajstić information content (AvgIpc) is 3.04. The van der Waals surface area contributed by atoms with Crippen LogP contribution in [0.25, 0.3) is 11.1 Å². The Hall–Kier alpha value is -2.73. The van der Waals surface area contributed by atoms with Crippen LogP contribution in [0.3, 0.4) is 0 Å². The monoisotopic (exact) mass is 341 g/mol. The van der Waals surface area contributed by atoms with E-state index in [4.69, 9.17) is 9.47 Å². The van der Waals surface area contributed by atoms with Gasteiger partial charge in [-0.1, -0.05) is 49.4 Å². The molecule has 1 N–H and O–H groups in total. The fourth-order valence-corrected chi connectivity index (χ4v) is 2.49. The normalized spacial score (nSPS) is 11.1. The third-order valence-electron chi connectivity index (χ3n) is 3.92. The minimum atomic E-state index is -0.455. The van der Waals surface area contributed by atoms with Gasteiger partial charge in [-0.2, -0.15) is 0 Å². The Balaban J connectivity index is 1.82. The number of methoxy groups -OCH3 is 1. The lowest BCUT2D eigenvalue weighted by Crippen LogP contribution is -1.95. The summed E-state index contributed by atoms with van der Waals surface area (Å²) in [6.45, 7) is 4.51. The van der Waals surface area contributed by atoms with Gasteiger partial charge in [-0.25, -0.2) is 9.49 Å². The number of hydrogen-bond acceptors (Lipinski definition) is 4. The summed E-state index contributed by atoms with van der Waals surface area (Å²) >= 11 is 0. The number of benzene rings is 2. The molecule has 6 heteroatoms. The lowest BCUT2D eigenvalue weighted by molar-refractivity contribution is 0.178. The van der Waals surface area contributed by atoms with Crippen molar-refractivity contribution < 1.29 is 13.9 Å². The maximum atomic E-state index is 14.4. The molecule has 0 bridgehead atoms. The summed E-state index contributed by atoms with van der Waals surface area (Å²) in [6, 6.07) is 13.0. The van der Waals surface area contributed by atoms with Gasteiger partial charge in [0.25, 0.3) is 0 Å². The molecule has 130 valence electrons. The second kappa shape index (κ2) is 7.44. The lowest BCUT2D eigenvalue weighted by atomic mass is 9.99. The molecule has 5 nitrogen and oxygen atoms in total. The van der Waals surface area contributed by atoms with Crippen molar-refractivity contribution in [2.75, 3.05) is 7.11 Å². The largest absolute Gasteiger partial charge is 0.434 e. The van der Waals surface area contributed by atoms with Crippen LogP contribution < -0.4 is 4.74 Å². The summed E-state index contributed by atoms with van der Waals surface area (Å²) in [6.07, 6.45) is 0. The molecule has 0 aliphatic rings. The third-order valence-corrected chi connectivity index (χ3v) is 3.92. The molecule has 0 fully saturated rings. The Bertz CT molecular complexity index is 844. The van der Waals surface area contributed by atoms with E-state index >= 15 is 0 Å². The molecule has 3 rings (SSSR count). The van der Waals surface area contributed by atoms with E-state index in [2.05, 4.69) is 41.4 Å². The van der Waals surface area contributed by atoms with Gasteiger partial charge in [-0.05, 0) is 34.7 Å². The highest BCUT2D eigenvalue weighted by molar-refractivity contribution is 5.65. The van der Waals surface area contributed by atoms with Crippen LogP contribution in [0.4, 0.5) is 4.39 Å². The van der Waals surface area contributed by atoms with Crippen LogP contribution in [-0.4, -0.2) is 22.5 Å². The first-order chi connectivity index (χ1) is 12.1. The molecule has 0 aliphatic carbocycles. The van der Waals surface area contributed by atoms with Gasteiger partial charge in [0.15, 0.2) is 17.3 Å². The first kappa shape index (κ1) is 17.1. The van der Waals surface area contributed by atoms with Gasteiger partial charge in [0.1, 0.15) is 0 Å². The molecular weight excluding hydrogens is 321 g/mol. The summed E-state index contributed by atoms with van der Waals surface area (Å²) in [5.74, 6) is 0.384. The molecule has 2 aromatic carbocycles. The number of ether oxygens (including phenoxy) is 2. The quantitative estimate of drug-likeness (QED) is 0.707. The van der Waals surface area contributed by atoms with Gasteiger partial charge >= 0.3 is 0 Å². The number of aromatic amines is 1. The van der Waals surface area contributed by atoms with E-state index in [0.717, 1.165) is 11.1 Å². The maximum absolute atomic E-state index is 14.4. The molecule has 1 heterocycles. The Morgan fingerprint density at radius 2 is 1.80 bits per heavy atom.